The van der Waals surface area contributed by atoms with E-state index < -0.39 is 0 Å². The van der Waals surface area contributed by atoms with Crippen molar-refractivity contribution >= 4 is 11.6 Å². The van der Waals surface area contributed by atoms with Crippen LogP contribution in [0.3, 0.4) is 0 Å². The highest BCUT2D eigenvalue weighted by Crippen LogP contribution is 2.28. The maximum Gasteiger partial charge on any atom is 0.228 e. The van der Waals surface area contributed by atoms with E-state index in [9.17, 15) is 9.59 Å². The van der Waals surface area contributed by atoms with Crippen LogP contribution >= 0.6 is 0 Å². The Bertz CT molecular complexity index is 743. The number of carbonyl (C=O) groups is 2. The number of Topliss-reactive ketones (excluding diaryl/α,β-unsaturated/α-hetero) is 2. The summed E-state index contributed by atoms with van der Waals surface area (Å²) in [7, 11) is 2.79. The number of aryl methyl sites for hydroxylation is 1. The summed E-state index contributed by atoms with van der Waals surface area (Å²) >= 11 is 0. The van der Waals surface area contributed by atoms with Gasteiger partial charge in [0.2, 0.25) is 23.1 Å². The molecule has 0 atom stereocenters. The predicted molar refractivity (Wildman–Crippen MR) is 115 cm³/mol. The second-order valence-corrected chi connectivity index (χ2v) is 7.64. The quantitative estimate of drug-likeness (QED) is 0.315. The molecule has 0 aromatic heterocycles. The standard InChI is InChI=1S/C25H34O4/c1-19-21(23(27)25(29-3)24(28-2)22(19)26)18-14-9-7-5-4-6-8-11-15-20-16-12-10-13-17-20/h10,12-13,16-17H,4-9,11,14-15,18H2,1-3H3. The lowest BCUT2D eigenvalue weighted by Gasteiger charge is -2.20. The highest BCUT2D eigenvalue weighted by Gasteiger charge is 2.34. The molecule has 0 radical (unpaired) electrons. The first-order chi connectivity index (χ1) is 14.1. The molecule has 0 bridgehead atoms. The number of ketones is 2. The van der Waals surface area contributed by atoms with Crippen LogP contribution in [0.2, 0.25) is 0 Å². The first-order valence-corrected chi connectivity index (χ1v) is 10.8. The number of methoxy groups -OCH3 is 2. The minimum atomic E-state index is -0.241. The molecule has 29 heavy (non-hydrogen) atoms. The van der Waals surface area contributed by atoms with E-state index in [2.05, 4.69) is 30.3 Å². The van der Waals surface area contributed by atoms with Gasteiger partial charge in [-0.25, -0.2) is 0 Å². The van der Waals surface area contributed by atoms with Gasteiger partial charge in [0.1, 0.15) is 0 Å². The van der Waals surface area contributed by atoms with Gasteiger partial charge in [-0.1, -0.05) is 68.9 Å². The second kappa shape index (κ2) is 12.3. The molecule has 1 aliphatic carbocycles. The van der Waals surface area contributed by atoms with Crippen LogP contribution in [0.15, 0.2) is 53.0 Å². The molecule has 0 unspecified atom stereocenters. The Morgan fingerprint density at radius 3 is 1.69 bits per heavy atom. The fourth-order valence-corrected chi connectivity index (χ4v) is 3.83. The normalized spacial score (nSPS) is 14.6. The smallest absolute Gasteiger partial charge is 0.228 e. The Labute approximate surface area is 175 Å². The maximum absolute atomic E-state index is 12.6. The third-order valence-corrected chi connectivity index (χ3v) is 5.58. The van der Waals surface area contributed by atoms with E-state index >= 15 is 0 Å². The largest absolute Gasteiger partial charge is 0.489 e. The predicted octanol–water partition coefficient (Wildman–Crippen LogP) is 5.71. The molecule has 1 aromatic carbocycles. The summed E-state index contributed by atoms with van der Waals surface area (Å²) in [5.74, 6) is -0.395. The Morgan fingerprint density at radius 1 is 0.655 bits per heavy atom. The zero-order chi connectivity index (χ0) is 21.1. The molecular formula is C25H34O4. The molecule has 0 saturated carbocycles. The number of allylic oxidation sites excluding steroid dienone is 2. The molecule has 0 aliphatic heterocycles. The van der Waals surface area contributed by atoms with Crippen LogP contribution in [-0.2, 0) is 25.5 Å². The van der Waals surface area contributed by atoms with Crippen LogP contribution in [0, 0.1) is 0 Å². The molecule has 1 aromatic rings. The summed E-state index contributed by atoms with van der Waals surface area (Å²) < 4.78 is 10.2. The van der Waals surface area contributed by atoms with Crippen LogP contribution < -0.4 is 0 Å². The van der Waals surface area contributed by atoms with E-state index in [1.807, 2.05) is 0 Å². The number of unbranched alkanes of at least 4 members (excludes halogenated alkanes) is 7. The fourth-order valence-electron chi connectivity index (χ4n) is 3.83. The molecule has 2 rings (SSSR count). The second-order valence-electron chi connectivity index (χ2n) is 7.64. The van der Waals surface area contributed by atoms with Crippen molar-refractivity contribution in [1.82, 2.24) is 0 Å². The van der Waals surface area contributed by atoms with E-state index in [1.54, 1.807) is 6.92 Å². The van der Waals surface area contributed by atoms with Gasteiger partial charge in [-0.15, -0.1) is 0 Å². The van der Waals surface area contributed by atoms with Crippen molar-refractivity contribution in [1.29, 1.82) is 0 Å². The first kappa shape index (κ1) is 22.9. The number of hydrogen-bond acceptors (Lipinski definition) is 4. The maximum atomic E-state index is 12.6. The first-order valence-electron chi connectivity index (χ1n) is 10.8. The lowest BCUT2D eigenvalue weighted by molar-refractivity contribution is -0.121. The summed E-state index contributed by atoms with van der Waals surface area (Å²) in [4.78, 5) is 24.9. The Hall–Kier alpha value is -2.36. The third-order valence-electron chi connectivity index (χ3n) is 5.58. The molecule has 0 spiro atoms. The van der Waals surface area contributed by atoms with Crippen molar-refractivity contribution in [3.63, 3.8) is 0 Å². The molecule has 0 amide bonds. The van der Waals surface area contributed by atoms with Crippen LogP contribution in [0.4, 0.5) is 0 Å². The van der Waals surface area contributed by atoms with E-state index in [0.717, 1.165) is 12.8 Å². The number of benzene rings is 1. The van der Waals surface area contributed by atoms with E-state index in [-0.39, 0.29) is 23.1 Å². The Balaban J connectivity index is 1.60. The van der Waals surface area contributed by atoms with Crippen molar-refractivity contribution < 1.29 is 19.1 Å². The zero-order valence-corrected chi connectivity index (χ0v) is 18.1. The van der Waals surface area contributed by atoms with Gasteiger partial charge in [-0.05, 0) is 38.2 Å². The van der Waals surface area contributed by atoms with Gasteiger partial charge >= 0.3 is 0 Å². The fraction of sp³-hybridized carbons (Fsp3) is 0.520. The van der Waals surface area contributed by atoms with Crippen LogP contribution in [-0.4, -0.2) is 25.8 Å². The van der Waals surface area contributed by atoms with Gasteiger partial charge in [0.15, 0.2) is 0 Å². The van der Waals surface area contributed by atoms with Crippen molar-refractivity contribution in [3.8, 4) is 0 Å². The summed E-state index contributed by atoms with van der Waals surface area (Å²) in [5, 5.41) is 0. The molecule has 4 heteroatoms. The highest BCUT2D eigenvalue weighted by atomic mass is 16.5. The molecule has 1 aliphatic rings. The lowest BCUT2D eigenvalue weighted by atomic mass is 9.89. The highest BCUT2D eigenvalue weighted by molar-refractivity contribution is 6.23. The summed E-state index contributed by atoms with van der Waals surface area (Å²) in [6, 6.07) is 10.7. The third kappa shape index (κ3) is 6.59. The number of carbonyl (C=O) groups excluding carboxylic acids is 2. The van der Waals surface area contributed by atoms with Gasteiger partial charge in [0.25, 0.3) is 0 Å². The minimum absolute atomic E-state index is 0.0195. The van der Waals surface area contributed by atoms with Crippen molar-refractivity contribution in [2.24, 2.45) is 0 Å². The molecule has 4 nitrogen and oxygen atoms in total. The average Bonchev–Trinajstić information content (AvgIpc) is 2.74. The SMILES string of the molecule is COC1=C(OC)C(=O)C(CCCCCCCCCCc2ccccc2)=C(C)C1=O. The molecular weight excluding hydrogens is 364 g/mol. The monoisotopic (exact) mass is 398 g/mol. The van der Waals surface area contributed by atoms with Gasteiger partial charge in [-0.3, -0.25) is 9.59 Å². The van der Waals surface area contributed by atoms with Gasteiger partial charge in [-0.2, -0.15) is 0 Å². The van der Waals surface area contributed by atoms with E-state index in [4.69, 9.17) is 9.47 Å². The number of rotatable bonds is 13. The van der Waals surface area contributed by atoms with Crippen LogP contribution in [0.25, 0.3) is 0 Å². The summed E-state index contributed by atoms with van der Waals surface area (Å²) in [6.07, 6.45) is 11.3. The van der Waals surface area contributed by atoms with E-state index in [0.29, 0.717) is 17.6 Å². The Kier molecular flexibility index (Phi) is 9.69. The van der Waals surface area contributed by atoms with E-state index in [1.165, 1.54) is 64.7 Å². The molecule has 0 N–H and O–H groups in total. The van der Waals surface area contributed by atoms with Crippen molar-refractivity contribution in [2.75, 3.05) is 14.2 Å². The lowest BCUT2D eigenvalue weighted by Crippen LogP contribution is -2.25. The van der Waals surface area contributed by atoms with Crippen LogP contribution in [0.1, 0.15) is 70.3 Å². The Morgan fingerprint density at radius 2 is 1.14 bits per heavy atom. The minimum Gasteiger partial charge on any atom is -0.489 e. The summed E-state index contributed by atoms with van der Waals surface area (Å²) in [5.41, 5.74) is 2.50. The molecule has 0 saturated heterocycles. The zero-order valence-electron chi connectivity index (χ0n) is 18.1. The molecule has 0 fully saturated rings. The summed E-state index contributed by atoms with van der Waals surface area (Å²) in [6.45, 7) is 1.70. The topological polar surface area (TPSA) is 52.6 Å². The van der Waals surface area contributed by atoms with Gasteiger partial charge in [0, 0.05) is 11.1 Å². The number of hydrogen-bond donors (Lipinski definition) is 0. The number of ether oxygens (including phenoxy) is 2. The van der Waals surface area contributed by atoms with Gasteiger partial charge < -0.3 is 9.47 Å². The van der Waals surface area contributed by atoms with Crippen molar-refractivity contribution in [3.05, 3.63) is 58.6 Å². The molecule has 158 valence electrons. The molecule has 0 heterocycles. The van der Waals surface area contributed by atoms with Crippen molar-refractivity contribution in [2.45, 2.75) is 71.1 Å². The van der Waals surface area contributed by atoms with Crippen LogP contribution in [0.5, 0.6) is 0 Å². The average molecular weight is 399 g/mol. The van der Waals surface area contributed by atoms with Gasteiger partial charge in [0.05, 0.1) is 14.2 Å².